The van der Waals surface area contributed by atoms with Crippen molar-refractivity contribution >= 4 is 5.91 Å². The van der Waals surface area contributed by atoms with E-state index in [0.717, 1.165) is 0 Å². The van der Waals surface area contributed by atoms with Gasteiger partial charge in [0.1, 0.15) is 11.6 Å². The molecule has 4 rings (SSSR count). The number of ether oxygens (including phenoxy) is 1. The van der Waals surface area contributed by atoms with E-state index in [-0.39, 0.29) is 22.9 Å². The first-order chi connectivity index (χ1) is 14.0. The molecule has 1 fully saturated rings. The summed E-state index contributed by atoms with van der Waals surface area (Å²) in [5, 5.41) is 0. The lowest BCUT2D eigenvalue weighted by atomic mass is 10.1. The Morgan fingerprint density at radius 1 is 1.21 bits per heavy atom. The number of aromatic nitrogens is 3. The Morgan fingerprint density at radius 3 is 2.86 bits per heavy atom. The summed E-state index contributed by atoms with van der Waals surface area (Å²) >= 11 is 0. The Bertz CT molecular complexity index is 1170. The molecule has 8 nitrogen and oxygen atoms in total. The van der Waals surface area contributed by atoms with Crippen LogP contribution in [0.2, 0.25) is 0 Å². The average molecular weight is 392 g/mol. The van der Waals surface area contributed by atoms with Gasteiger partial charge in [-0.3, -0.25) is 14.4 Å². The average Bonchev–Trinajstić information content (AvgIpc) is 3.23. The molecule has 0 aliphatic carbocycles. The monoisotopic (exact) mass is 392 g/mol. The molecule has 1 aromatic carbocycles. The zero-order valence-electron chi connectivity index (χ0n) is 15.8. The molecule has 1 unspecified atom stereocenters. The predicted octanol–water partition coefficient (Wildman–Crippen LogP) is 1.76. The third kappa shape index (κ3) is 3.82. The van der Waals surface area contributed by atoms with Crippen molar-refractivity contribution < 1.29 is 9.53 Å². The topological polar surface area (TPSA) is 108 Å². The van der Waals surface area contributed by atoms with Gasteiger partial charge in [-0.15, -0.1) is 0 Å². The highest BCUT2D eigenvalue weighted by Crippen LogP contribution is 2.27. The summed E-state index contributed by atoms with van der Waals surface area (Å²) in [6.07, 6.45) is 2.20. The molecule has 148 valence electrons. The first kappa shape index (κ1) is 18.7. The highest BCUT2D eigenvalue weighted by Gasteiger charge is 2.30. The van der Waals surface area contributed by atoms with Crippen molar-refractivity contribution in [3.8, 4) is 17.0 Å². The third-order valence-electron chi connectivity index (χ3n) is 5.03. The second-order valence-corrected chi connectivity index (χ2v) is 6.90. The van der Waals surface area contributed by atoms with Crippen LogP contribution in [0, 0.1) is 0 Å². The van der Waals surface area contributed by atoms with Gasteiger partial charge in [0.25, 0.3) is 17.0 Å². The maximum Gasteiger partial charge on any atom is 0.257 e. The summed E-state index contributed by atoms with van der Waals surface area (Å²) in [6, 6.07) is 11.6. The van der Waals surface area contributed by atoms with Gasteiger partial charge in [-0.05, 0) is 36.8 Å². The van der Waals surface area contributed by atoms with Crippen LogP contribution in [-0.4, -0.2) is 46.0 Å². The van der Waals surface area contributed by atoms with Gasteiger partial charge in [0, 0.05) is 36.8 Å². The van der Waals surface area contributed by atoms with E-state index in [1.165, 1.54) is 12.3 Å². The van der Waals surface area contributed by atoms with E-state index in [4.69, 9.17) is 4.74 Å². The van der Waals surface area contributed by atoms with E-state index in [1.807, 2.05) is 0 Å². The second kappa shape index (κ2) is 7.75. The molecule has 2 N–H and O–H groups in total. The summed E-state index contributed by atoms with van der Waals surface area (Å²) in [4.78, 5) is 48.6. The number of carbonyl (C=O) groups excluding carboxylic acids is 1. The van der Waals surface area contributed by atoms with Gasteiger partial charge in [-0.1, -0.05) is 6.07 Å². The molecule has 1 amide bonds. The largest absolute Gasteiger partial charge is 0.497 e. The van der Waals surface area contributed by atoms with Crippen molar-refractivity contribution in [2.45, 2.75) is 12.3 Å². The molecule has 0 spiro atoms. The van der Waals surface area contributed by atoms with Crippen LogP contribution in [0.1, 0.15) is 28.5 Å². The van der Waals surface area contributed by atoms with Crippen molar-refractivity contribution in [2.75, 3.05) is 20.2 Å². The number of H-pyrrole nitrogens is 2. The normalized spacial score (nSPS) is 16.0. The molecule has 3 aromatic rings. The number of benzene rings is 1. The van der Waals surface area contributed by atoms with Crippen molar-refractivity contribution in [2.24, 2.45) is 0 Å². The molecule has 0 bridgehead atoms. The molecular weight excluding hydrogens is 372 g/mol. The van der Waals surface area contributed by atoms with Gasteiger partial charge in [-0.25, -0.2) is 4.98 Å². The lowest BCUT2D eigenvalue weighted by Gasteiger charge is -2.17. The lowest BCUT2D eigenvalue weighted by Crippen LogP contribution is -2.29. The molecular formula is C21H20N4O4. The number of carbonyl (C=O) groups is 1. The van der Waals surface area contributed by atoms with Gasteiger partial charge in [-0.2, -0.15) is 0 Å². The maximum absolute atomic E-state index is 12.8. The molecule has 1 atom stereocenters. The van der Waals surface area contributed by atoms with Gasteiger partial charge in [0.15, 0.2) is 0 Å². The van der Waals surface area contributed by atoms with E-state index in [2.05, 4.69) is 15.0 Å². The number of likely N-dealkylation sites (tertiary alicyclic amines) is 1. The molecule has 1 saturated heterocycles. The number of hydrogen-bond acceptors (Lipinski definition) is 5. The Morgan fingerprint density at radius 2 is 2.07 bits per heavy atom. The highest BCUT2D eigenvalue weighted by molar-refractivity contribution is 5.94. The number of aromatic amines is 2. The molecule has 2 aromatic heterocycles. The third-order valence-corrected chi connectivity index (χ3v) is 5.03. The Balaban J connectivity index is 1.58. The fourth-order valence-electron chi connectivity index (χ4n) is 3.54. The van der Waals surface area contributed by atoms with Gasteiger partial charge in [0.2, 0.25) is 0 Å². The highest BCUT2D eigenvalue weighted by atomic mass is 16.5. The second-order valence-electron chi connectivity index (χ2n) is 6.90. The van der Waals surface area contributed by atoms with Gasteiger partial charge >= 0.3 is 0 Å². The predicted molar refractivity (Wildman–Crippen MR) is 107 cm³/mol. The molecule has 3 heterocycles. The molecule has 0 radical (unpaired) electrons. The minimum absolute atomic E-state index is 0.0931. The molecule has 1 aliphatic heterocycles. The smallest absolute Gasteiger partial charge is 0.257 e. The van der Waals surface area contributed by atoms with Crippen LogP contribution in [0.3, 0.4) is 0 Å². The zero-order valence-corrected chi connectivity index (χ0v) is 15.8. The quantitative estimate of drug-likeness (QED) is 0.703. The number of hydrogen-bond donors (Lipinski definition) is 2. The summed E-state index contributed by atoms with van der Waals surface area (Å²) in [5.74, 6) is 0.902. The van der Waals surface area contributed by atoms with Crippen LogP contribution in [0.4, 0.5) is 0 Å². The van der Waals surface area contributed by atoms with Gasteiger partial charge < -0.3 is 19.6 Å². The fraction of sp³-hybridized carbons (Fsp3) is 0.238. The molecule has 0 saturated carbocycles. The summed E-state index contributed by atoms with van der Waals surface area (Å²) in [7, 11) is 1.56. The van der Waals surface area contributed by atoms with Crippen molar-refractivity contribution in [1.82, 2.24) is 19.9 Å². The van der Waals surface area contributed by atoms with Gasteiger partial charge in [0.05, 0.1) is 18.4 Å². The first-order valence-corrected chi connectivity index (χ1v) is 9.28. The van der Waals surface area contributed by atoms with E-state index < -0.39 is 0 Å². The van der Waals surface area contributed by atoms with E-state index in [0.29, 0.717) is 47.9 Å². The van der Waals surface area contributed by atoms with Crippen LogP contribution in [0.25, 0.3) is 11.3 Å². The summed E-state index contributed by atoms with van der Waals surface area (Å²) in [6.45, 7) is 0.994. The van der Waals surface area contributed by atoms with E-state index in [1.54, 1.807) is 48.4 Å². The molecule has 1 aliphatic rings. The standard InChI is InChI=1S/C21H20N4O4/c1-29-15-5-2-4-13(10-15)21(28)25-9-7-14(12-25)19-23-17(11-18(26)24-19)16-6-3-8-22-20(16)27/h2-6,8,10-11,14H,7,9,12H2,1H3,(H,22,27)(H,23,24,26). The summed E-state index contributed by atoms with van der Waals surface area (Å²) in [5.41, 5.74) is 0.574. The van der Waals surface area contributed by atoms with E-state index in [9.17, 15) is 14.4 Å². The van der Waals surface area contributed by atoms with Crippen molar-refractivity contribution in [3.63, 3.8) is 0 Å². The summed E-state index contributed by atoms with van der Waals surface area (Å²) < 4.78 is 5.19. The molecule has 8 heteroatoms. The Hall–Kier alpha value is -3.68. The van der Waals surface area contributed by atoms with Crippen molar-refractivity contribution in [3.05, 3.63) is 80.8 Å². The number of pyridine rings is 1. The number of nitrogens with one attached hydrogen (secondary N) is 2. The van der Waals surface area contributed by atoms with Crippen LogP contribution in [0.15, 0.2) is 58.3 Å². The number of methoxy groups -OCH3 is 1. The Labute approximate surface area is 166 Å². The minimum atomic E-state index is -0.328. The Kier molecular flexibility index (Phi) is 4.99. The van der Waals surface area contributed by atoms with Crippen molar-refractivity contribution in [1.29, 1.82) is 0 Å². The maximum atomic E-state index is 12.8. The first-order valence-electron chi connectivity index (χ1n) is 9.28. The zero-order chi connectivity index (χ0) is 20.4. The van der Waals surface area contributed by atoms with Crippen LogP contribution < -0.4 is 15.9 Å². The SMILES string of the molecule is COc1cccc(C(=O)N2CCC(c3nc(-c4ccc[nH]c4=O)cc(=O)[nH]3)C2)c1. The number of amides is 1. The number of nitrogens with zero attached hydrogens (tertiary/aromatic N) is 2. The molecule has 29 heavy (non-hydrogen) atoms. The van der Waals surface area contributed by atoms with E-state index >= 15 is 0 Å². The fourth-order valence-corrected chi connectivity index (χ4v) is 3.54. The van der Waals surface area contributed by atoms with Crippen LogP contribution in [-0.2, 0) is 0 Å². The lowest BCUT2D eigenvalue weighted by molar-refractivity contribution is 0.0790. The number of rotatable bonds is 4. The van der Waals surface area contributed by atoms with Crippen LogP contribution in [0.5, 0.6) is 5.75 Å². The van der Waals surface area contributed by atoms with Crippen LogP contribution >= 0.6 is 0 Å². The minimum Gasteiger partial charge on any atom is -0.497 e.